The van der Waals surface area contributed by atoms with Gasteiger partial charge in [-0.1, -0.05) is 0 Å². The van der Waals surface area contributed by atoms with Gasteiger partial charge in [-0.25, -0.2) is 0 Å². The zero-order valence-electron chi connectivity index (χ0n) is 10.8. The van der Waals surface area contributed by atoms with Crippen LogP contribution in [-0.4, -0.2) is 42.8 Å². The molecule has 1 aromatic rings. The number of rotatable bonds is 3. The molecule has 0 saturated carbocycles. The highest BCUT2D eigenvalue weighted by molar-refractivity contribution is 9.10. The van der Waals surface area contributed by atoms with Crippen molar-refractivity contribution in [2.24, 2.45) is 5.73 Å². The second kappa shape index (κ2) is 5.90. The van der Waals surface area contributed by atoms with E-state index >= 15 is 0 Å². The number of morpholine rings is 1. The number of halogens is 1. The highest BCUT2D eigenvalue weighted by Gasteiger charge is 2.27. The molecule has 1 heterocycles. The zero-order valence-corrected chi connectivity index (χ0v) is 12.4. The fourth-order valence-corrected chi connectivity index (χ4v) is 2.78. The van der Waals surface area contributed by atoms with Gasteiger partial charge in [0.2, 0.25) is 0 Å². The lowest BCUT2D eigenvalue weighted by Crippen LogP contribution is -2.49. The summed E-state index contributed by atoms with van der Waals surface area (Å²) in [5, 5.41) is 16.7. The Balaban J connectivity index is 2.27. The molecule has 0 radical (unpaired) electrons. The average Bonchev–Trinajstić information content (AvgIpc) is 2.39. The summed E-state index contributed by atoms with van der Waals surface area (Å²) in [5.74, 6) is 0.0514. The number of hydrogen-bond acceptors (Lipinski definition) is 4. The molecule has 1 aliphatic heterocycles. The topological polar surface area (TPSA) is 82.6 Å². The minimum Gasteiger partial charge on any atom is -0.394 e. The first-order valence-corrected chi connectivity index (χ1v) is 6.95. The number of nitrogens with two attached hydrogens (primary N) is 1. The molecular formula is C13H18BrN3O2. The lowest BCUT2D eigenvalue weighted by Gasteiger charge is -2.39. The zero-order chi connectivity index (χ0) is 14.0. The maximum absolute atomic E-state index is 9.22. The first kappa shape index (κ1) is 14.3. The van der Waals surface area contributed by atoms with E-state index in [2.05, 4.69) is 27.8 Å². The number of nitrogen functional groups attached to an aromatic ring is 1. The molecule has 2 rings (SSSR count). The number of benzene rings is 1. The molecule has 0 bridgehead atoms. The maximum Gasteiger partial charge on any atom is 0.122 e. The highest BCUT2D eigenvalue weighted by atomic mass is 79.9. The molecule has 104 valence electrons. The number of ether oxygens (including phenoxy) is 1. The minimum atomic E-state index is -0.157. The molecule has 2 atom stereocenters. The smallest absolute Gasteiger partial charge is 0.122 e. The van der Waals surface area contributed by atoms with Crippen LogP contribution in [-0.2, 0) is 4.74 Å². The molecule has 2 unspecified atom stereocenters. The normalized spacial score (nSPS) is 23.4. The van der Waals surface area contributed by atoms with Gasteiger partial charge in [0.15, 0.2) is 0 Å². The fourth-order valence-electron chi connectivity index (χ4n) is 2.17. The minimum absolute atomic E-state index is 0.0202. The number of nitrogens with one attached hydrogen (secondary N) is 1. The number of aliphatic hydroxyl groups is 1. The summed E-state index contributed by atoms with van der Waals surface area (Å²) in [6.45, 7) is 3.34. The molecule has 6 heteroatoms. The Labute approximate surface area is 121 Å². The number of nitrogens with zero attached hydrogens (tertiary/aromatic N) is 1. The summed E-state index contributed by atoms with van der Waals surface area (Å²) in [7, 11) is 0. The summed E-state index contributed by atoms with van der Waals surface area (Å²) in [6.07, 6.45) is -0.157. The van der Waals surface area contributed by atoms with Crippen molar-refractivity contribution in [2.45, 2.75) is 19.1 Å². The van der Waals surface area contributed by atoms with Gasteiger partial charge in [0, 0.05) is 22.6 Å². The molecule has 5 nitrogen and oxygen atoms in total. The van der Waals surface area contributed by atoms with Gasteiger partial charge in [-0.05, 0) is 41.1 Å². The van der Waals surface area contributed by atoms with E-state index in [4.69, 9.17) is 15.9 Å². The second-order valence-electron chi connectivity index (χ2n) is 4.72. The van der Waals surface area contributed by atoms with E-state index in [-0.39, 0.29) is 24.6 Å². The summed E-state index contributed by atoms with van der Waals surface area (Å²) < 4.78 is 6.43. The highest BCUT2D eigenvalue weighted by Crippen LogP contribution is 2.30. The summed E-state index contributed by atoms with van der Waals surface area (Å²) in [5.41, 5.74) is 7.19. The van der Waals surface area contributed by atoms with Crippen LogP contribution in [0.15, 0.2) is 22.7 Å². The summed E-state index contributed by atoms with van der Waals surface area (Å²) in [6, 6.07) is 5.85. The number of aliphatic hydroxyl groups excluding tert-OH is 1. The van der Waals surface area contributed by atoms with E-state index in [9.17, 15) is 5.11 Å². The van der Waals surface area contributed by atoms with Gasteiger partial charge >= 0.3 is 0 Å². The standard InChI is InChI=1S/C13H18BrN3O2/c1-8-7-19-10(6-18)5-17(8)12-3-2-9(13(15)16)4-11(12)14/h2-4,8,10,18H,5-7H2,1H3,(H3,15,16). The Morgan fingerprint density at radius 1 is 1.63 bits per heavy atom. The Morgan fingerprint density at radius 2 is 2.37 bits per heavy atom. The third-order valence-electron chi connectivity index (χ3n) is 3.28. The summed E-state index contributed by atoms with van der Waals surface area (Å²) in [4.78, 5) is 2.19. The van der Waals surface area contributed by atoms with Crippen LogP contribution in [0.5, 0.6) is 0 Å². The Bertz CT molecular complexity index is 481. The van der Waals surface area contributed by atoms with Gasteiger partial charge in [-0.3, -0.25) is 5.41 Å². The Morgan fingerprint density at radius 3 is 2.95 bits per heavy atom. The summed E-state index contributed by atoms with van der Waals surface area (Å²) >= 11 is 3.52. The van der Waals surface area contributed by atoms with Gasteiger partial charge in [-0.15, -0.1) is 0 Å². The quantitative estimate of drug-likeness (QED) is 0.577. The maximum atomic E-state index is 9.22. The van der Waals surface area contributed by atoms with Crippen molar-refractivity contribution in [2.75, 3.05) is 24.7 Å². The molecule has 0 spiro atoms. The van der Waals surface area contributed by atoms with Crippen LogP contribution in [0.2, 0.25) is 0 Å². The van der Waals surface area contributed by atoms with Crippen LogP contribution >= 0.6 is 15.9 Å². The molecule has 19 heavy (non-hydrogen) atoms. The molecule has 1 aliphatic rings. The molecule has 1 aromatic carbocycles. The molecule has 1 saturated heterocycles. The monoisotopic (exact) mass is 327 g/mol. The van der Waals surface area contributed by atoms with Crippen molar-refractivity contribution >= 4 is 27.5 Å². The van der Waals surface area contributed by atoms with Gasteiger partial charge in [0.05, 0.1) is 25.0 Å². The van der Waals surface area contributed by atoms with Gasteiger partial charge in [-0.2, -0.15) is 0 Å². The molecule has 0 aromatic heterocycles. The first-order chi connectivity index (χ1) is 9.02. The number of amidine groups is 1. The predicted octanol–water partition coefficient (Wildman–Crippen LogP) is 1.32. The van der Waals surface area contributed by atoms with E-state index in [1.54, 1.807) is 0 Å². The van der Waals surface area contributed by atoms with E-state index in [0.29, 0.717) is 18.7 Å². The Kier molecular flexibility index (Phi) is 4.44. The van der Waals surface area contributed by atoms with Crippen LogP contribution in [0, 0.1) is 5.41 Å². The molecule has 0 amide bonds. The number of hydrogen-bond donors (Lipinski definition) is 3. The molecular weight excluding hydrogens is 310 g/mol. The van der Waals surface area contributed by atoms with Crippen molar-refractivity contribution in [1.82, 2.24) is 0 Å². The van der Waals surface area contributed by atoms with E-state index in [1.807, 2.05) is 18.2 Å². The van der Waals surface area contributed by atoms with Crippen molar-refractivity contribution in [3.63, 3.8) is 0 Å². The SMILES string of the molecule is CC1COC(CO)CN1c1ccc(C(=N)N)cc1Br. The first-order valence-electron chi connectivity index (χ1n) is 6.16. The van der Waals surface area contributed by atoms with Crippen LogP contribution in [0.3, 0.4) is 0 Å². The lowest BCUT2D eigenvalue weighted by atomic mass is 10.1. The Hall–Kier alpha value is -1.11. The van der Waals surface area contributed by atoms with Gasteiger partial charge in [0.1, 0.15) is 5.84 Å². The van der Waals surface area contributed by atoms with Crippen LogP contribution in [0.1, 0.15) is 12.5 Å². The lowest BCUT2D eigenvalue weighted by molar-refractivity contribution is -0.0103. The number of anilines is 1. The van der Waals surface area contributed by atoms with E-state index < -0.39 is 0 Å². The largest absolute Gasteiger partial charge is 0.394 e. The van der Waals surface area contributed by atoms with Crippen LogP contribution < -0.4 is 10.6 Å². The third kappa shape index (κ3) is 3.08. The van der Waals surface area contributed by atoms with Crippen LogP contribution in [0.4, 0.5) is 5.69 Å². The van der Waals surface area contributed by atoms with Gasteiger partial charge < -0.3 is 20.5 Å². The van der Waals surface area contributed by atoms with Gasteiger partial charge in [0.25, 0.3) is 0 Å². The van der Waals surface area contributed by atoms with Crippen LogP contribution in [0.25, 0.3) is 0 Å². The van der Waals surface area contributed by atoms with E-state index in [0.717, 1.165) is 10.2 Å². The van der Waals surface area contributed by atoms with Crippen molar-refractivity contribution in [1.29, 1.82) is 5.41 Å². The predicted molar refractivity (Wildman–Crippen MR) is 78.8 cm³/mol. The molecule has 1 fully saturated rings. The van der Waals surface area contributed by atoms with E-state index in [1.165, 1.54) is 0 Å². The molecule has 4 N–H and O–H groups in total. The fraction of sp³-hybridized carbons (Fsp3) is 0.462. The third-order valence-corrected chi connectivity index (χ3v) is 3.91. The van der Waals surface area contributed by atoms with Crippen molar-refractivity contribution < 1.29 is 9.84 Å². The van der Waals surface area contributed by atoms with Crippen molar-refractivity contribution in [3.8, 4) is 0 Å². The molecule has 0 aliphatic carbocycles. The van der Waals surface area contributed by atoms with Crippen molar-refractivity contribution in [3.05, 3.63) is 28.2 Å². The second-order valence-corrected chi connectivity index (χ2v) is 5.57. The average molecular weight is 328 g/mol.